The summed E-state index contributed by atoms with van der Waals surface area (Å²) < 4.78 is 5.29. The first kappa shape index (κ1) is 17.8. The summed E-state index contributed by atoms with van der Waals surface area (Å²) in [5, 5.41) is 1.42. The van der Waals surface area contributed by atoms with Gasteiger partial charge in [-0.3, -0.25) is 4.79 Å². The van der Waals surface area contributed by atoms with Crippen molar-refractivity contribution in [1.29, 1.82) is 0 Å². The van der Waals surface area contributed by atoms with E-state index in [4.69, 9.17) is 16.3 Å². The summed E-state index contributed by atoms with van der Waals surface area (Å²) >= 11 is 7.34. The highest BCUT2D eigenvalue weighted by atomic mass is 35.5. The normalized spacial score (nSPS) is 10.6. The number of thioether (sulfide) groups is 1. The number of aryl methyl sites for hydroxylation is 2. The molecule has 2 aromatic rings. The van der Waals surface area contributed by atoms with E-state index < -0.39 is 0 Å². The van der Waals surface area contributed by atoms with Gasteiger partial charge in [-0.15, -0.1) is 0 Å². The Morgan fingerprint density at radius 3 is 2.35 bits per heavy atom. The second-order valence-corrected chi connectivity index (χ2v) is 6.36. The highest BCUT2D eigenvalue weighted by molar-refractivity contribution is 7.98. The van der Waals surface area contributed by atoms with Crippen LogP contribution in [0.3, 0.4) is 0 Å². The Balaban J connectivity index is 1.88. The molecule has 0 spiro atoms. The third kappa shape index (κ3) is 5.22. The number of halogens is 1. The van der Waals surface area contributed by atoms with Crippen LogP contribution < -0.4 is 0 Å². The van der Waals surface area contributed by atoms with Gasteiger partial charge in [-0.2, -0.15) is 0 Å². The fourth-order valence-corrected chi connectivity index (χ4v) is 2.79. The van der Waals surface area contributed by atoms with E-state index in [-0.39, 0.29) is 12.6 Å². The fourth-order valence-electron chi connectivity index (χ4n) is 2.21. The van der Waals surface area contributed by atoms with Gasteiger partial charge in [0.05, 0.1) is 0 Å². The number of rotatable bonds is 6. The summed E-state index contributed by atoms with van der Waals surface area (Å²) in [5.74, 6) is -0.229. The summed E-state index contributed by atoms with van der Waals surface area (Å²) in [4.78, 5) is 20.7. The predicted molar refractivity (Wildman–Crippen MR) is 92.9 cm³/mol. The SMILES string of the molecule is CSc1nc(C)c(CCC(=O)OCc2ccc(Cl)cc2)c(C)n1. The average molecular weight is 351 g/mol. The highest BCUT2D eigenvalue weighted by Gasteiger charge is 2.11. The number of ether oxygens (including phenoxy) is 1. The lowest BCUT2D eigenvalue weighted by atomic mass is 10.1. The van der Waals surface area contributed by atoms with Gasteiger partial charge >= 0.3 is 5.97 Å². The van der Waals surface area contributed by atoms with Gasteiger partial charge in [0.15, 0.2) is 5.16 Å². The van der Waals surface area contributed by atoms with Crippen molar-refractivity contribution in [1.82, 2.24) is 9.97 Å². The molecule has 0 amide bonds. The van der Waals surface area contributed by atoms with Gasteiger partial charge in [-0.1, -0.05) is 35.5 Å². The Hall–Kier alpha value is -1.59. The average Bonchev–Trinajstić information content (AvgIpc) is 2.53. The number of hydrogen-bond acceptors (Lipinski definition) is 5. The van der Waals surface area contributed by atoms with Crippen molar-refractivity contribution in [2.75, 3.05) is 6.26 Å². The first-order valence-corrected chi connectivity index (χ1v) is 8.88. The van der Waals surface area contributed by atoms with Crippen LogP contribution >= 0.6 is 23.4 Å². The first-order chi connectivity index (χ1) is 11.0. The minimum atomic E-state index is -0.229. The van der Waals surface area contributed by atoms with Crippen molar-refractivity contribution in [3.8, 4) is 0 Å². The van der Waals surface area contributed by atoms with Crippen LogP contribution in [0.1, 0.15) is 28.9 Å². The lowest BCUT2D eigenvalue weighted by molar-refractivity contribution is -0.144. The second kappa shape index (κ2) is 8.31. The molecule has 6 heteroatoms. The van der Waals surface area contributed by atoms with Crippen LogP contribution in [0.4, 0.5) is 0 Å². The molecule has 0 N–H and O–H groups in total. The minimum absolute atomic E-state index is 0.229. The van der Waals surface area contributed by atoms with Crippen molar-refractivity contribution < 1.29 is 9.53 Å². The predicted octanol–water partition coefficient (Wildman–Crippen LogP) is 4.14. The van der Waals surface area contributed by atoms with Crippen molar-refractivity contribution in [2.45, 2.75) is 38.5 Å². The van der Waals surface area contributed by atoms with Crippen molar-refractivity contribution in [2.24, 2.45) is 0 Å². The zero-order chi connectivity index (χ0) is 16.8. The van der Waals surface area contributed by atoms with E-state index in [1.807, 2.05) is 32.2 Å². The maximum absolute atomic E-state index is 11.9. The monoisotopic (exact) mass is 350 g/mol. The zero-order valence-electron chi connectivity index (χ0n) is 13.4. The van der Waals surface area contributed by atoms with Gasteiger partial charge in [-0.25, -0.2) is 9.97 Å². The number of nitrogens with zero attached hydrogens (tertiary/aromatic N) is 2. The Morgan fingerprint density at radius 2 is 1.78 bits per heavy atom. The molecule has 0 radical (unpaired) electrons. The van der Waals surface area contributed by atoms with Gasteiger partial charge < -0.3 is 4.74 Å². The molecule has 1 heterocycles. The van der Waals surface area contributed by atoms with Crippen LogP contribution in [-0.4, -0.2) is 22.2 Å². The van der Waals surface area contributed by atoms with Crippen LogP contribution in [-0.2, 0) is 22.6 Å². The molecule has 0 bridgehead atoms. The van der Waals surface area contributed by atoms with Crippen LogP contribution in [0.25, 0.3) is 0 Å². The van der Waals surface area contributed by atoms with Crippen molar-refractivity contribution >= 4 is 29.3 Å². The summed E-state index contributed by atoms with van der Waals surface area (Å²) in [7, 11) is 0. The minimum Gasteiger partial charge on any atom is -0.461 e. The molecule has 0 aliphatic rings. The highest BCUT2D eigenvalue weighted by Crippen LogP contribution is 2.17. The molecule has 1 aromatic heterocycles. The lowest BCUT2D eigenvalue weighted by Gasteiger charge is -2.10. The molecule has 122 valence electrons. The maximum Gasteiger partial charge on any atom is 0.306 e. The molecule has 0 saturated heterocycles. The Kier molecular flexibility index (Phi) is 6.42. The van der Waals surface area contributed by atoms with E-state index >= 15 is 0 Å². The number of aromatic nitrogens is 2. The second-order valence-electron chi connectivity index (χ2n) is 5.15. The number of carbonyl (C=O) groups is 1. The molecular formula is C17H19ClN2O2S. The van der Waals surface area contributed by atoms with Crippen LogP contribution in [0.2, 0.25) is 5.02 Å². The lowest BCUT2D eigenvalue weighted by Crippen LogP contribution is -2.09. The van der Waals surface area contributed by atoms with Gasteiger partial charge in [0.1, 0.15) is 6.61 Å². The summed E-state index contributed by atoms with van der Waals surface area (Å²) in [6.45, 7) is 4.15. The molecule has 23 heavy (non-hydrogen) atoms. The number of benzene rings is 1. The smallest absolute Gasteiger partial charge is 0.306 e. The van der Waals surface area contributed by atoms with Gasteiger partial charge in [0.25, 0.3) is 0 Å². The topological polar surface area (TPSA) is 52.1 Å². The quantitative estimate of drug-likeness (QED) is 0.445. The molecule has 4 nitrogen and oxygen atoms in total. The molecule has 0 atom stereocenters. The fraction of sp³-hybridized carbons (Fsp3) is 0.353. The molecular weight excluding hydrogens is 332 g/mol. The third-order valence-electron chi connectivity index (χ3n) is 3.47. The van der Waals surface area contributed by atoms with Crippen LogP contribution in [0.5, 0.6) is 0 Å². The molecule has 0 unspecified atom stereocenters. The van der Waals surface area contributed by atoms with Crippen LogP contribution in [0.15, 0.2) is 29.4 Å². The zero-order valence-corrected chi connectivity index (χ0v) is 15.0. The standard InChI is InChI=1S/C17H19ClN2O2S/c1-11-15(12(2)20-17(19-11)23-3)8-9-16(21)22-10-13-4-6-14(18)7-5-13/h4-7H,8-10H2,1-3H3. The first-order valence-electron chi connectivity index (χ1n) is 7.27. The van der Waals surface area contributed by atoms with E-state index in [9.17, 15) is 4.79 Å². The largest absolute Gasteiger partial charge is 0.461 e. The van der Waals surface area contributed by atoms with E-state index in [1.165, 1.54) is 11.8 Å². The van der Waals surface area contributed by atoms with E-state index in [0.29, 0.717) is 17.9 Å². The van der Waals surface area contributed by atoms with Crippen molar-refractivity contribution in [3.63, 3.8) is 0 Å². The third-order valence-corrected chi connectivity index (χ3v) is 4.27. The van der Waals surface area contributed by atoms with E-state index in [1.54, 1.807) is 12.1 Å². The Labute approximate surface area is 145 Å². The molecule has 0 fully saturated rings. The number of carbonyl (C=O) groups excluding carboxylic acids is 1. The van der Waals surface area contributed by atoms with Gasteiger partial charge in [0, 0.05) is 22.8 Å². The summed E-state index contributed by atoms with van der Waals surface area (Å²) in [6, 6.07) is 7.25. The maximum atomic E-state index is 11.9. The van der Waals surface area contributed by atoms with Crippen LogP contribution in [0, 0.1) is 13.8 Å². The molecule has 2 rings (SSSR count). The summed E-state index contributed by atoms with van der Waals surface area (Å²) in [6.07, 6.45) is 2.85. The van der Waals surface area contributed by atoms with Crippen molar-refractivity contribution in [3.05, 3.63) is 51.8 Å². The molecule has 1 aromatic carbocycles. The Morgan fingerprint density at radius 1 is 1.17 bits per heavy atom. The van der Waals surface area contributed by atoms with E-state index in [0.717, 1.165) is 27.7 Å². The number of hydrogen-bond donors (Lipinski definition) is 0. The van der Waals surface area contributed by atoms with E-state index in [2.05, 4.69) is 9.97 Å². The van der Waals surface area contributed by atoms with Gasteiger partial charge in [-0.05, 0) is 49.8 Å². The molecule has 0 aliphatic carbocycles. The Bertz CT molecular complexity index is 666. The number of esters is 1. The molecule has 0 saturated carbocycles. The summed E-state index contributed by atoms with van der Waals surface area (Å²) in [5.41, 5.74) is 3.79. The molecule has 0 aliphatic heterocycles. The van der Waals surface area contributed by atoms with Gasteiger partial charge in [0.2, 0.25) is 0 Å².